The zero-order chi connectivity index (χ0) is 19.1. The van der Waals surface area contributed by atoms with Crippen molar-refractivity contribution in [3.8, 4) is 6.07 Å². The minimum atomic E-state index is 0.306. The van der Waals surface area contributed by atoms with E-state index in [9.17, 15) is 5.26 Å². The molecule has 0 amide bonds. The molecule has 8 nitrogen and oxygen atoms in total. The first-order chi connectivity index (χ1) is 13.7. The molecule has 0 radical (unpaired) electrons. The van der Waals surface area contributed by atoms with Crippen LogP contribution in [0.1, 0.15) is 29.7 Å². The molecule has 142 valence electrons. The van der Waals surface area contributed by atoms with E-state index in [0.717, 1.165) is 50.9 Å². The van der Waals surface area contributed by atoms with Gasteiger partial charge in [-0.2, -0.15) is 14.9 Å². The zero-order valence-corrected chi connectivity index (χ0v) is 15.8. The van der Waals surface area contributed by atoms with Crippen molar-refractivity contribution in [2.75, 3.05) is 42.5 Å². The van der Waals surface area contributed by atoms with Crippen molar-refractivity contribution in [2.45, 2.75) is 19.4 Å². The molecule has 0 spiro atoms. The molecule has 0 aromatic carbocycles. The average Bonchev–Trinajstić information content (AvgIpc) is 3.23. The lowest BCUT2D eigenvalue weighted by Crippen LogP contribution is -2.44. The number of rotatable bonds is 2. The molecule has 1 atom stereocenters. The highest BCUT2D eigenvalue weighted by molar-refractivity contribution is 5.61. The van der Waals surface area contributed by atoms with E-state index in [1.165, 1.54) is 17.6 Å². The molecule has 0 unspecified atom stereocenters. The third-order valence-electron chi connectivity index (χ3n) is 5.61. The summed E-state index contributed by atoms with van der Waals surface area (Å²) in [6.07, 6.45) is 1.50. The fourth-order valence-corrected chi connectivity index (χ4v) is 4.21. The number of pyridine rings is 2. The highest BCUT2D eigenvalue weighted by Gasteiger charge is 2.27. The lowest BCUT2D eigenvalue weighted by Gasteiger charge is -2.35. The molecule has 0 saturated carbocycles. The molecule has 3 aromatic heterocycles. The van der Waals surface area contributed by atoms with Crippen LogP contribution in [0.15, 0.2) is 30.6 Å². The van der Waals surface area contributed by atoms with Crippen molar-refractivity contribution in [1.82, 2.24) is 24.9 Å². The first-order valence-electron chi connectivity index (χ1n) is 9.68. The van der Waals surface area contributed by atoms with Gasteiger partial charge >= 0.3 is 0 Å². The summed E-state index contributed by atoms with van der Waals surface area (Å²) < 4.78 is 1.76. The van der Waals surface area contributed by atoms with Crippen molar-refractivity contribution in [3.05, 3.63) is 47.4 Å². The van der Waals surface area contributed by atoms with Crippen molar-refractivity contribution in [2.24, 2.45) is 0 Å². The summed E-state index contributed by atoms with van der Waals surface area (Å²) in [6.45, 7) is 7.87. The molecule has 1 saturated heterocycles. The molecule has 8 heteroatoms. The lowest BCUT2D eigenvalue weighted by atomic mass is 9.96. The average molecular weight is 374 g/mol. The van der Waals surface area contributed by atoms with E-state index < -0.39 is 0 Å². The highest BCUT2D eigenvalue weighted by Crippen LogP contribution is 2.32. The van der Waals surface area contributed by atoms with Gasteiger partial charge in [-0.05, 0) is 23.8 Å². The molecular weight excluding hydrogens is 352 g/mol. The maximum Gasteiger partial charge on any atom is 0.175 e. The SMILES string of the molecule is C[C@@H]1CN(c2ccc(C#N)c3ncnn23)Cc2ccc(N3CCNCC3)nc21. The largest absolute Gasteiger partial charge is 0.354 e. The molecule has 2 aliphatic rings. The molecule has 0 bridgehead atoms. The van der Waals surface area contributed by atoms with Crippen LogP contribution in [-0.4, -0.2) is 52.3 Å². The minimum Gasteiger partial charge on any atom is -0.354 e. The monoisotopic (exact) mass is 374 g/mol. The van der Waals surface area contributed by atoms with Gasteiger partial charge in [0.2, 0.25) is 0 Å². The molecule has 0 aliphatic carbocycles. The molecule has 28 heavy (non-hydrogen) atoms. The fraction of sp³-hybridized carbons (Fsp3) is 0.400. The Labute approximate surface area is 163 Å². The fourth-order valence-electron chi connectivity index (χ4n) is 4.21. The van der Waals surface area contributed by atoms with E-state index in [1.54, 1.807) is 4.52 Å². The molecule has 2 aliphatic heterocycles. The molecule has 5 heterocycles. The topological polar surface area (TPSA) is 85.4 Å². The Kier molecular flexibility index (Phi) is 4.10. The summed E-state index contributed by atoms with van der Waals surface area (Å²) in [6, 6.07) is 10.3. The Bertz CT molecular complexity index is 1060. The van der Waals surface area contributed by atoms with Crippen LogP contribution >= 0.6 is 0 Å². The van der Waals surface area contributed by atoms with Gasteiger partial charge in [-0.25, -0.2) is 9.97 Å². The second kappa shape index (κ2) is 6.77. The molecule has 3 aromatic rings. The number of nitrogens with one attached hydrogen (secondary N) is 1. The number of piperazine rings is 1. The summed E-state index contributed by atoms with van der Waals surface area (Å²) in [5.74, 6) is 2.34. The minimum absolute atomic E-state index is 0.306. The number of nitriles is 1. The Morgan fingerprint density at radius 2 is 2.00 bits per heavy atom. The van der Waals surface area contributed by atoms with Gasteiger partial charge < -0.3 is 15.1 Å². The standard InChI is InChI=1S/C20H22N8/c1-14-11-27(18-5-3-15(10-21)20-23-13-24-28(18)20)12-16-2-4-17(25-19(14)16)26-8-6-22-7-9-26/h2-5,13-14,22H,6-9,11-12H2,1H3/t14-/m1/s1. The van der Waals surface area contributed by atoms with E-state index in [1.807, 2.05) is 12.1 Å². The second-order valence-electron chi connectivity index (χ2n) is 7.44. The van der Waals surface area contributed by atoms with E-state index in [0.29, 0.717) is 17.1 Å². The summed E-state index contributed by atoms with van der Waals surface area (Å²) in [4.78, 5) is 13.9. The number of aromatic nitrogens is 4. The smallest absolute Gasteiger partial charge is 0.175 e. The van der Waals surface area contributed by atoms with Gasteiger partial charge in [0.1, 0.15) is 24.0 Å². The van der Waals surface area contributed by atoms with Crippen LogP contribution < -0.4 is 15.1 Å². The van der Waals surface area contributed by atoms with Crippen LogP contribution in [-0.2, 0) is 6.54 Å². The van der Waals surface area contributed by atoms with Crippen LogP contribution in [0.4, 0.5) is 11.6 Å². The van der Waals surface area contributed by atoms with E-state index >= 15 is 0 Å². The Hall–Kier alpha value is -3.18. The number of fused-ring (bicyclic) bond motifs is 2. The van der Waals surface area contributed by atoms with E-state index in [-0.39, 0.29) is 0 Å². The van der Waals surface area contributed by atoms with Crippen LogP contribution in [0.5, 0.6) is 0 Å². The Morgan fingerprint density at radius 1 is 1.14 bits per heavy atom. The van der Waals surface area contributed by atoms with Crippen LogP contribution in [0, 0.1) is 11.3 Å². The van der Waals surface area contributed by atoms with Gasteiger partial charge in [0.05, 0.1) is 11.3 Å². The summed E-state index contributed by atoms with van der Waals surface area (Å²) in [5.41, 5.74) is 3.57. The number of nitrogens with zero attached hydrogens (tertiary/aromatic N) is 7. The first kappa shape index (κ1) is 17.0. The zero-order valence-electron chi connectivity index (χ0n) is 15.8. The van der Waals surface area contributed by atoms with E-state index in [4.69, 9.17) is 4.98 Å². The van der Waals surface area contributed by atoms with Crippen molar-refractivity contribution in [1.29, 1.82) is 5.26 Å². The van der Waals surface area contributed by atoms with Gasteiger partial charge in [-0.15, -0.1) is 0 Å². The Balaban J connectivity index is 1.48. The van der Waals surface area contributed by atoms with Gasteiger partial charge in [0, 0.05) is 45.2 Å². The number of anilines is 2. The van der Waals surface area contributed by atoms with Gasteiger partial charge in [0.25, 0.3) is 0 Å². The maximum absolute atomic E-state index is 9.30. The third kappa shape index (κ3) is 2.75. The lowest BCUT2D eigenvalue weighted by molar-refractivity contribution is 0.576. The predicted molar refractivity (Wildman–Crippen MR) is 106 cm³/mol. The maximum atomic E-state index is 9.30. The van der Waals surface area contributed by atoms with Gasteiger partial charge in [-0.1, -0.05) is 13.0 Å². The number of hydrogen-bond acceptors (Lipinski definition) is 7. The summed E-state index contributed by atoms with van der Waals surface area (Å²) in [5, 5.41) is 17.0. The second-order valence-corrected chi connectivity index (χ2v) is 7.44. The Morgan fingerprint density at radius 3 is 2.82 bits per heavy atom. The third-order valence-corrected chi connectivity index (χ3v) is 5.61. The quantitative estimate of drug-likeness (QED) is 0.728. The van der Waals surface area contributed by atoms with Crippen molar-refractivity contribution >= 4 is 17.3 Å². The highest BCUT2D eigenvalue weighted by atomic mass is 15.4. The summed E-state index contributed by atoms with van der Waals surface area (Å²) >= 11 is 0. The van der Waals surface area contributed by atoms with Gasteiger partial charge in [-0.3, -0.25) is 0 Å². The number of hydrogen-bond donors (Lipinski definition) is 1. The van der Waals surface area contributed by atoms with Crippen LogP contribution in [0.3, 0.4) is 0 Å². The van der Waals surface area contributed by atoms with Crippen LogP contribution in [0.2, 0.25) is 0 Å². The first-order valence-corrected chi connectivity index (χ1v) is 9.68. The van der Waals surface area contributed by atoms with Gasteiger partial charge in [0.15, 0.2) is 5.65 Å². The van der Waals surface area contributed by atoms with Crippen molar-refractivity contribution in [3.63, 3.8) is 0 Å². The van der Waals surface area contributed by atoms with E-state index in [2.05, 4.69) is 50.3 Å². The summed E-state index contributed by atoms with van der Waals surface area (Å²) in [7, 11) is 0. The van der Waals surface area contributed by atoms with Crippen LogP contribution in [0.25, 0.3) is 5.65 Å². The van der Waals surface area contributed by atoms with Crippen molar-refractivity contribution < 1.29 is 0 Å². The predicted octanol–water partition coefficient (Wildman–Crippen LogP) is 1.53. The molecule has 1 N–H and O–H groups in total. The molecule has 5 rings (SSSR count). The normalized spacial score (nSPS) is 19.5. The molecular formula is C20H22N8. The molecule has 1 fully saturated rings.